The Kier molecular flexibility index (Phi) is 6.71. The lowest BCUT2D eigenvalue weighted by molar-refractivity contribution is -0.133. The van der Waals surface area contributed by atoms with Gasteiger partial charge in [-0.05, 0) is 51.0 Å². The minimum Gasteiger partial charge on any atom is -0.353 e. The molecule has 1 N–H and O–H groups in total. The molecule has 1 aliphatic carbocycles. The predicted molar refractivity (Wildman–Crippen MR) is 112 cm³/mol. The van der Waals surface area contributed by atoms with Crippen molar-refractivity contribution < 1.29 is 9.59 Å². The van der Waals surface area contributed by atoms with Crippen molar-refractivity contribution in [3.8, 4) is 11.3 Å². The molecular weight excluding hydrogens is 380 g/mol. The number of rotatable bonds is 7. The number of amides is 2. The van der Waals surface area contributed by atoms with Crippen LogP contribution in [-0.2, 0) is 9.59 Å². The summed E-state index contributed by atoms with van der Waals surface area (Å²) < 4.78 is 2.03. The summed E-state index contributed by atoms with van der Waals surface area (Å²) in [6.07, 6.45) is 15.1. The van der Waals surface area contributed by atoms with Gasteiger partial charge in [-0.1, -0.05) is 0 Å². The van der Waals surface area contributed by atoms with E-state index in [2.05, 4.69) is 20.4 Å². The number of nitrogens with one attached hydrogen (secondary N) is 1. The molecule has 1 aliphatic heterocycles. The molecule has 2 amide bonds. The SMILES string of the molecule is O=C(CCCN1CCCCC1=O)NC1CCC(n2cc(-c3ccncn3)cn2)CC1. The van der Waals surface area contributed by atoms with E-state index < -0.39 is 0 Å². The van der Waals surface area contributed by atoms with E-state index in [-0.39, 0.29) is 17.9 Å². The van der Waals surface area contributed by atoms with Crippen molar-refractivity contribution in [2.75, 3.05) is 13.1 Å². The Morgan fingerprint density at radius 3 is 2.83 bits per heavy atom. The average molecular weight is 411 g/mol. The van der Waals surface area contributed by atoms with Crippen molar-refractivity contribution in [2.45, 2.75) is 69.9 Å². The van der Waals surface area contributed by atoms with Gasteiger partial charge < -0.3 is 10.2 Å². The quantitative estimate of drug-likeness (QED) is 0.758. The summed E-state index contributed by atoms with van der Waals surface area (Å²) in [5, 5.41) is 7.71. The third kappa shape index (κ3) is 5.23. The molecule has 0 atom stereocenters. The van der Waals surface area contributed by atoms with Crippen LogP contribution >= 0.6 is 0 Å². The van der Waals surface area contributed by atoms with E-state index in [0.29, 0.717) is 25.4 Å². The Balaban J connectivity index is 1.18. The van der Waals surface area contributed by atoms with Gasteiger partial charge in [0.05, 0.1) is 17.9 Å². The van der Waals surface area contributed by atoms with Crippen LogP contribution in [0.15, 0.2) is 31.0 Å². The fourth-order valence-electron chi connectivity index (χ4n) is 4.44. The van der Waals surface area contributed by atoms with Crippen molar-refractivity contribution in [1.29, 1.82) is 0 Å². The summed E-state index contributed by atoms with van der Waals surface area (Å²) >= 11 is 0. The lowest BCUT2D eigenvalue weighted by atomic mass is 9.91. The fraction of sp³-hybridized carbons (Fsp3) is 0.591. The Morgan fingerprint density at radius 1 is 1.20 bits per heavy atom. The van der Waals surface area contributed by atoms with Gasteiger partial charge in [-0.25, -0.2) is 9.97 Å². The van der Waals surface area contributed by atoms with E-state index in [0.717, 1.165) is 62.7 Å². The molecule has 0 spiro atoms. The molecule has 1 saturated carbocycles. The fourth-order valence-corrected chi connectivity index (χ4v) is 4.44. The number of likely N-dealkylation sites (tertiary alicyclic amines) is 1. The third-order valence-corrected chi connectivity index (χ3v) is 6.17. The Hall–Kier alpha value is -2.77. The summed E-state index contributed by atoms with van der Waals surface area (Å²) in [5.74, 6) is 0.342. The minimum atomic E-state index is 0.105. The van der Waals surface area contributed by atoms with Crippen LogP contribution in [0.3, 0.4) is 0 Å². The van der Waals surface area contributed by atoms with Crippen molar-refractivity contribution in [1.82, 2.24) is 30.0 Å². The summed E-state index contributed by atoms with van der Waals surface area (Å²) in [6, 6.07) is 2.48. The zero-order valence-corrected chi connectivity index (χ0v) is 17.4. The first-order valence-electron chi connectivity index (χ1n) is 11.1. The second kappa shape index (κ2) is 9.82. The number of carbonyl (C=O) groups excluding carboxylic acids is 2. The first kappa shape index (κ1) is 20.5. The largest absolute Gasteiger partial charge is 0.353 e. The van der Waals surface area contributed by atoms with Gasteiger partial charge in [0.2, 0.25) is 11.8 Å². The van der Waals surface area contributed by atoms with Crippen LogP contribution in [0, 0.1) is 0 Å². The lowest BCUT2D eigenvalue weighted by Gasteiger charge is -2.29. The molecular formula is C22H30N6O2. The smallest absolute Gasteiger partial charge is 0.222 e. The number of aromatic nitrogens is 4. The maximum absolute atomic E-state index is 12.3. The molecule has 2 aliphatic rings. The zero-order chi connectivity index (χ0) is 20.8. The molecule has 0 unspecified atom stereocenters. The van der Waals surface area contributed by atoms with Crippen molar-refractivity contribution >= 4 is 11.8 Å². The number of carbonyl (C=O) groups is 2. The van der Waals surface area contributed by atoms with Gasteiger partial charge in [0, 0.05) is 49.9 Å². The average Bonchev–Trinajstić information content (AvgIpc) is 3.27. The molecule has 8 heteroatoms. The zero-order valence-electron chi connectivity index (χ0n) is 17.4. The van der Waals surface area contributed by atoms with Crippen LogP contribution < -0.4 is 5.32 Å². The molecule has 1 saturated heterocycles. The molecule has 30 heavy (non-hydrogen) atoms. The second-order valence-corrected chi connectivity index (χ2v) is 8.32. The minimum absolute atomic E-state index is 0.105. The van der Waals surface area contributed by atoms with Crippen LogP contribution in [0.1, 0.15) is 63.8 Å². The molecule has 160 valence electrons. The predicted octanol–water partition coefficient (Wildman–Crippen LogP) is 2.73. The van der Waals surface area contributed by atoms with Gasteiger partial charge >= 0.3 is 0 Å². The molecule has 0 bridgehead atoms. The van der Waals surface area contributed by atoms with Gasteiger partial charge in [0.25, 0.3) is 0 Å². The van der Waals surface area contributed by atoms with Crippen LogP contribution in [-0.4, -0.2) is 55.6 Å². The van der Waals surface area contributed by atoms with Gasteiger partial charge in [-0.3, -0.25) is 14.3 Å². The number of hydrogen-bond acceptors (Lipinski definition) is 5. The van der Waals surface area contributed by atoms with E-state index in [1.807, 2.05) is 28.0 Å². The molecule has 2 aromatic heterocycles. The first-order valence-corrected chi connectivity index (χ1v) is 11.1. The van der Waals surface area contributed by atoms with E-state index >= 15 is 0 Å². The van der Waals surface area contributed by atoms with Gasteiger partial charge in [-0.2, -0.15) is 5.10 Å². The highest BCUT2D eigenvalue weighted by Crippen LogP contribution is 2.29. The highest BCUT2D eigenvalue weighted by Gasteiger charge is 2.24. The van der Waals surface area contributed by atoms with Gasteiger partial charge in [0.15, 0.2) is 0 Å². The maximum Gasteiger partial charge on any atom is 0.222 e. The highest BCUT2D eigenvalue weighted by molar-refractivity contribution is 5.77. The van der Waals surface area contributed by atoms with Crippen molar-refractivity contribution in [2.24, 2.45) is 0 Å². The Labute approximate surface area is 177 Å². The topological polar surface area (TPSA) is 93.0 Å². The van der Waals surface area contributed by atoms with E-state index in [4.69, 9.17) is 0 Å². The van der Waals surface area contributed by atoms with E-state index in [1.165, 1.54) is 0 Å². The summed E-state index contributed by atoms with van der Waals surface area (Å²) in [6.45, 7) is 1.55. The molecule has 3 heterocycles. The van der Waals surface area contributed by atoms with Crippen LogP contribution in [0.25, 0.3) is 11.3 Å². The molecule has 0 aromatic carbocycles. The first-order chi connectivity index (χ1) is 14.7. The second-order valence-electron chi connectivity index (χ2n) is 8.32. The number of piperidine rings is 1. The third-order valence-electron chi connectivity index (χ3n) is 6.17. The van der Waals surface area contributed by atoms with E-state index in [1.54, 1.807) is 12.5 Å². The molecule has 0 radical (unpaired) electrons. The molecule has 8 nitrogen and oxygen atoms in total. The van der Waals surface area contributed by atoms with Crippen LogP contribution in [0.2, 0.25) is 0 Å². The lowest BCUT2D eigenvalue weighted by Crippen LogP contribution is -2.39. The number of nitrogens with zero attached hydrogens (tertiary/aromatic N) is 5. The monoisotopic (exact) mass is 410 g/mol. The van der Waals surface area contributed by atoms with Crippen LogP contribution in [0.4, 0.5) is 0 Å². The summed E-state index contributed by atoms with van der Waals surface area (Å²) in [4.78, 5) is 34.3. The standard InChI is InChI=1S/C22H30N6O2/c29-21(4-3-13-27-12-2-1-5-22(27)30)26-18-6-8-19(9-7-18)28-15-17(14-25-28)20-10-11-23-16-24-20/h10-11,14-16,18-19H,1-9,12-13H2,(H,26,29). The highest BCUT2D eigenvalue weighted by atomic mass is 16.2. The summed E-state index contributed by atoms with van der Waals surface area (Å²) in [5.41, 5.74) is 1.88. The van der Waals surface area contributed by atoms with Crippen molar-refractivity contribution in [3.05, 3.63) is 31.0 Å². The molecule has 4 rings (SSSR count). The van der Waals surface area contributed by atoms with Gasteiger partial charge in [0.1, 0.15) is 6.33 Å². The Bertz CT molecular complexity index is 844. The Morgan fingerprint density at radius 2 is 2.07 bits per heavy atom. The normalized spacial score (nSPS) is 22.1. The number of hydrogen-bond donors (Lipinski definition) is 1. The van der Waals surface area contributed by atoms with E-state index in [9.17, 15) is 9.59 Å². The summed E-state index contributed by atoms with van der Waals surface area (Å²) in [7, 11) is 0. The van der Waals surface area contributed by atoms with Crippen LogP contribution in [0.5, 0.6) is 0 Å². The van der Waals surface area contributed by atoms with Gasteiger partial charge in [-0.15, -0.1) is 0 Å². The van der Waals surface area contributed by atoms with Crippen molar-refractivity contribution in [3.63, 3.8) is 0 Å². The maximum atomic E-state index is 12.3. The molecule has 2 aromatic rings. The molecule has 2 fully saturated rings.